The van der Waals surface area contributed by atoms with Crippen molar-refractivity contribution in [2.24, 2.45) is 11.8 Å². The standard InChI is InChI=1S/C31H33N3O5/c1-19(35)20-10-9-15-23(18-20)34-26(28(37)33-22-13-7-4-8-14-22)31-17-16-30(2,39-31)24(25(31)29(34)38)27(36)32-21-11-5-3-6-12-21/h3,5-6,9-12,15-18,22,24-26H,4,7-8,13-14H2,1-2H3,(H,32,36)(H,33,37)/t24-,25+,26+,30+,31-/m0/s1. The van der Waals surface area contributed by atoms with Gasteiger partial charge in [0.2, 0.25) is 17.7 Å². The number of ether oxygens (including phenoxy) is 1. The minimum atomic E-state index is -1.31. The van der Waals surface area contributed by atoms with Gasteiger partial charge in [0, 0.05) is 23.0 Å². The molecule has 2 bridgehead atoms. The normalized spacial score (nSPS) is 31.3. The maximum atomic E-state index is 14.3. The second-order valence-electron chi connectivity index (χ2n) is 11.3. The molecule has 2 aromatic carbocycles. The van der Waals surface area contributed by atoms with E-state index in [9.17, 15) is 19.2 Å². The van der Waals surface area contributed by atoms with Crippen LogP contribution in [0.2, 0.25) is 0 Å². The summed E-state index contributed by atoms with van der Waals surface area (Å²) < 4.78 is 6.60. The number of para-hydroxylation sites is 1. The van der Waals surface area contributed by atoms with Crippen LogP contribution in [-0.4, -0.2) is 46.8 Å². The fraction of sp³-hybridized carbons (Fsp3) is 0.419. The zero-order valence-electron chi connectivity index (χ0n) is 22.2. The van der Waals surface area contributed by atoms with E-state index in [0.717, 1.165) is 32.1 Å². The Kier molecular flexibility index (Phi) is 6.18. The number of fused-ring (bicyclic) bond motifs is 1. The van der Waals surface area contributed by atoms with Crippen molar-refractivity contribution in [1.29, 1.82) is 0 Å². The van der Waals surface area contributed by atoms with E-state index in [0.29, 0.717) is 16.9 Å². The van der Waals surface area contributed by atoms with E-state index >= 15 is 0 Å². The van der Waals surface area contributed by atoms with Gasteiger partial charge in [-0.25, -0.2) is 0 Å². The molecule has 2 saturated heterocycles. The molecule has 2 aromatic rings. The highest BCUT2D eigenvalue weighted by Crippen LogP contribution is 2.60. The number of benzene rings is 2. The maximum absolute atomic E-state index is 14.3. The van der Waals surface area contributed by atoms with Crippen LogP contribution in [0.15, 0.2) is 66.7 Å². The third kappa shape index (κ3) is 4.09. The molecule has 1 aliphatic carbocycles. The van der Waals surface area contributed by atoms with Crippen molar-refractivity contribution in [2.75, 3.05) is 10.2 Å². The molecule has 6 rings (SSSR count). The van der Waals surface area contributed by atoms with E-state index in [4.69, 9.17) is 4.74 Å². The van der Waals surface area contributed by atoms with Gasteiger partial charge in [-0.2, -0.15) is 0 Å². The van der Waals surface area contributed by atoms with E-state index in [-0.39, 0.29) is 29.5 Å². The second-order valence-corrected chi connectivity index (χ2v) is 11.3. The smallest absolute Gasteiger partial charge is 0.246 e. The predicted molar refractivity (Wildman–Crippen MR) is 146 cm³/mol. The number of rotatable bonds is 6. The quantitative estimate of drug-likeness (QED) is 0.436. The number of nitrogens with zero attached hydrogens (tertiary/aromatic N) is 1. The summed E-state index contributed by atoms with van der Waals surface area (Å²) in [4.78, 5) is 55.8. The molecular weight excluding hydrogens is 494 g/mol. The first kappa shape index (κ1) is 25.5. The molecule has 4 aliphatic rings. The van der Waals surface area contributed by atoms with Crippen LogP contribution in [-0.2, 0) is 19.1 Å². The zero-order chi connectivity index (χ0) is 27.4. The lowest BCUT2D eigenvalue weighted by molar-refractivity contribution is -0.131. The fourth-order valence-electron chi connectivity index (χ4n) is 6.96. The number of Topliss-reactive ketones (excluding diaryl/α,β-unsaturated/α-hetero) is 1. The van der Waals surface area contributed by atoms with Crippen LogP contribution in [0.3, 0.4) is 0 Å². The molecule has 3 heterocycles. The number of amides is 3. The summed E-state index contributed by atoms with van der Waals surface area (Å²) in [5, 5.41) is 6.13. The van der Waals surface area contributed by atoms with Crippen LogP contribution in [0.1, 0.15) is 56.3 Å². The Bertz CT molecular complexity index is 1370. The minimum Gasteiger partial charge on any atom is -0.356 e. The van der Waals surface area contributed by atoms with E-state index in [1.165, 1.54) is 11.8 Å². The van der Waals surface area contributed by atoms with Crippen molar-refractivity contribution < 1.29 is 23.9 Å². The summed E-state index contributed by atoms with van der Waals surface area (Å²) >= 11 is 0. The molecule has 1 saturated carbocycles. The molecule has 39 heavy (non-hydrogen) atoms. The molecule has 0 unspecified atom stereocenters. The van der Waals surface area contributed by atoms with Crippen molar-refractivity contribution >= 4 is 34.9 Å². The number of carbonyl (C=O) groups is 4. The van der Waals surface area contributed by atoms with Crippen molar-refractivity contribution in [2.45, 2.75) is 69.2 Å². The Morgan fingerprint density at radius 1 is 0.949 bits per heavy atom. The lowest BCUT2D eigenvalue weighted by atomic mass is 9.70. The van der Waals surface area contributed by atoms with Crippen molar-refractivity contribution in [3.8, 4) is 0 Å². The van der Waals surface area contributed by atoms with E-state index in [1.54, 1.807) is 43.3 Å². The van der Waals surface area contributed by atoms with Crippen LogP contribution in [0.4, 0.5) is 11.4 Å². The summed E-state index contributed by atoms with van der Waals surface area (Å²) in [6, 6.07) is 14.8. The van der Waals surface area contributed by atoms with Gasteiger partial charge >= 0.3 is 0 Å². The number of carbonyl (C=O) groups excluding carboxylic acids is 4. The minimum absolute atomic E-state index is 0.0255. The topological polar surface area (TPSA) is 105 Å². The molecule has 3 aliphatic heterocycles. The lowest BCUT2D eigenvalue weighted by Gasteiger charge is -2.34. The highest BCUT2D eigenvalue weighted by atomic mass is 16.5. The highest BCUT2D eigenvalue weighted by molar-refractivity contribution is 6.12. The number of anilines is 2. The van der Waals surface area contributed by atoms with Gasteiger partial charge in [0.1, 0.15) is 11.6 Å². The summed E-state index contributed by atoms with van der Waals surface area (Å²) in [7, 11) is 0. The molecule has 3 fully saturated rings. The fourth-order valence-corrected chi connectivity index (χ4v) is 6.96. The third-order valence-electron chi connectivity index (χ3n) is 8.75. The molecule has 8 nitrogen and oxygen atoms in total. The first-order valence-electron chi connectivity index (χ1n) is 13.7. The first-order valence-corrected chi connectivity index (χ1v) is 13.7. The van der Waals surface area contributed by atoms with Gasteiger partial charge in [-0.3, -0.25) is 24.1 Å². The van der Waals surface area contributed by atoms with Gasteiger partial charge in [0.05, 0.1) is 17.4 Å². The van der Waals surface area contributed by atoms with Crippen molar-refractivity contribution in [3.05, 3.63) is 72.3 Å². The third-order valence-corrected chi connectivity index (χ3v) is 8.75. The molecule has 8 heteroatoms. The molecule has 0 aromatic heterocycles. The van der Waals surface area contributed by atoms with Crippen LogP contribution >= 0.6 is 0 Å². The second kappa shape index (κ2) is 9.45. The van der Waals surface area contributed by atoms with Crippen LogP contribution in [0.5, 0.6) is 0 Å². The largest absolute Gasteiger partial charge is 0.356 e. The van der Waals surface area contributed by atoms with E-state index < -0.39 is 29.1 Å². The summed E-state index contributed by atoms with van der Waals surface area (Å²) in [5.41, 5.74) is -0.860. The molecular formula is C31H33N3O5. The average Bonchev–Trinajstić information content (AvgIpc) is 3.50. The summed E-state index contributed by atoms with van der Waals surface area (Å²) in [5.74, 6) is -2.89. The van der Waals surface area contributed by atoms with Gasteiger partial charge < -0.3 is 15.4 Å². The maximum Gasteiger partial charge on any atom is 0.246 e. The van der Waals surface area contributed by atoms with Crippen LogP contribution in [0.25, 0.3) is 0 Å². The first-order chi connectivity index (χ1) is 18.7. The van der Waals surface area contributed by atoms with E-state index in [1.807, 2.05) is 30.4 Å². The Hall–Kier alpha value is -3.78. The SMILES string of the molecule is CC(=O)c1cccc(N2C(=O)[C@H]3[C@@H](C(=O)Nc4ccccc4)[C@@]4(C)C=C[C@@]3(O4)[C@H]2C(=O)NC2CCCCC2)c1. The number of hydrogen-bond acceptors (Lipinski definition) is 5. The number of nitrogens with one attached hydrogen (secondary N) is 2. The Morgan fingerprint density at radius 3 is 2.41 bits per heavy atom. The van der Waals surface area contributed by atoms with Gasteiger partial charge in [0.15, 0.2) is 5.78 Å². The molecule has 202 valence electrons. The monoisotopic (exact) mass is 527 g/mol. The Morgan fingerprint density at radius 2 is 1.69 bits per heavy atom. The van der Waals surface area contributed by atoms with Gasteiger partial charge in [-0.1, -0.05) is 61.7 Å². The molecule has 1 spiro atoms. The number of ketones is 1. The highest BCUT2D eigenvalue weighted by Gasteiger charge is 2.76. The van der Waals surface area contributed by atoms with Gasteiger partial charge in [-0.05, 0) is 51.0 Å². The summed E-state index contributed by atoms with van der Waals surface area (Å²) in [6.07, 6.45) is 8.64. The van der Waals surface area contributed by atoms with Gasteiger partial charge in [-0.15, -0.1) is 0 Å². The van der Waals surface area contributed by atoms with Crippen molar-refractivity contribution in [3.63, 3.8) is 0 Å². The Balaban J connectivity index is 1.41. The van der Waals surface area contributed by atoms with Crippen LogP contribution in [0, 0.1) is 11.8 Å². The molecule has 0 radical (unpaired) electrons. The zero-order valence-corrected chi connectivity index (χ0v) is 22.2. The average molecular weight is 528 g/mol. The number of hydrogen-bond donors (Lipinski definition) is 2. The van der Waals surface area contributed by atoms with Crippen molar-refractivity contribution in [1.82, 2.24) is 5.32 Å². The predicted octanol–water partition coefficient (Wildman–Crippen LogP) is 4.02. The molecule has 3 amide bonds. The molecule has 2 N–H and O–H groups in total. The Labute approximate surface area is 227 Å². The lowest BCUT2D eigenvalue weighted by Crippen LogP contribution is -2.56. The molecule has 5 atom stereocenters. The van der Waals surface area contributed by atoms with Crippen LogP contribution < -0.4 is 15.5 Å². The van der Waals surface area contributed by atoms with Gasteiger partial charge in [0.25, 0.3) is 0 Å². The van der Waals surface area contributed by atoms with E-state index in [2.05, 4.69) is 10.6 Å². The summed E-state index contributed by atoms with van der Waals surface area (Å²) in [6.45, 7) is 3.26.